The van der Waals surface area contributed by atoms with E-state index in [-0.39, 0.29) is 52.7 Å². The number of ether oxygens (including phenoxy) is 2. The third-order valence-corrected chi connectivity index (χ3v) is 6.65. The Kier molecular flexibility index (Phi) is 5.74. The van der Waals surface area contributed by atoms with Crippen LogP contribution in [0.5, 0.6) is 5.75 Å². The summed E-state index contributed by atoms with van der Waals surface area (Å²) in [6.07, 6.45) is 0.645. The van der Waals surface area contributed by atoms with E-state index in [0.29, 0.717) is 19.3 Å². The van der Waals surface area contributed by atoms with Crippen LogP contribution >= 0.6 is 11.6 Å². The van der Waals surface area contributed by atoms with Crippen LogP contribution in [0.1, 0.15) is 38.5 Å². The average molecular weight is 446 g/mol. The quantitative estimate of drug-likeness (QED) is 0.593. The molecule has 0 radical (unpaired) electrons. The molecule has 4 aliphatic rings. The normalized spacial score (nSPS) is 31.4. The van der Waals surface area contributed by atoms with Gasteiger partial charge in [-0.1, -0.05) is 11.6 Å². The largest absolute Gasteiger partial charge is 0.484 e. The van der Waals surface area contributed by atoms with Gasteiger partial charge in [0, 0.05) is 23.9 Å². The van der Waals surface area contributed by atoms with Crippen molar-refractivity contribution < 1.29 is 32.2 Å². The molecule has 4 fully saturated rings. The number of hydrogen-bond donors (Lipinski definition) is 1. The van der Waals surface area contributed by atoms with Gasteiger partial charge in [0.2, 0.25) is 6.43 Å². The number of amides is 1. The van der Waals surface area contributed by atoms with E-state index in [0.717, 1.165) is 25.3 Å². The first-order valence-electron chi connectivity index (χ1n) is 9.98. The number of nitrogens with one attached hydrogen (secondary N) is 1. The molecule has 4 saturated carbocycles. The fourth-order valence-corrected chi connectivity index (χ4v) is 5.11. The molecule has 0 spiro atoms. The molecular weight excluding hydrogens is 423 g/mol. The molecule has 4 aliphatic carbocycles. The van der Waals surface area contributed by atoms with E-state index in [2.05, 4.69) is 5.32 Å². The van der Waals surface area contributed by atoms with Gasteiger partial charge in [-0.2, -0.15) is 0 Å². The molecule has 164 valence electrons. The van der Waals surface area contributed by atoms with E-state index < -0.39 is 18.2 Å². The molecule has 1 amide bonds. The SMILES string of the molecule is O=C(COC1CC(C(F)F)C1)CC12CC(NC(=O)COc3ccc(Cl)c(F)c3)(C1)C2. The van der Waals surface area contributed by atoms with Crippen molar-refractivity contribution in [2.45, 2.75) is 56.6 Å². The fourth-order valence-electron chi connectivity index (χ4n) is 4.99. The first-order chi connectivity index (χ1) is 14.2. The second kappa shape index (κ2) is 8.04. The third kappa shape index (κ3) is 4.44. The number of alkyl halides is 2. The summed E-state index contributed by atoms with van der Waals surface area (Å²) in [6.45, 7) is -0.267. The van der Waals surface area contributed by atoms with Crippen molar-refractivity contribution in [1.82, 2.24) is 5.32 Å². The monoisotopic (exact) mass is 445 g/mol. The molecule has 1 aromatic rings. The topological polar surface area (TPSA) is 64.6 Å². The maximum Gasteiger partial charge on any atom is 0.258 e. The van der Waals surface area contributed by atoms with Crippen LogP contribution in [0.4, 0.5) is 13.2 Å². The van der Waals surface area contributed by atoms with Crippen molar-refractivity contribution in [3.05, 3.63) is 29.0 Å². The zero-order valence-electron chi connectivity index (χ0n) is 16.3. The van der Waals surface area contributed by atoms with Gasteiger partial charge in [0.1, 0.15) is 18.2 Å². The zero-order valence-corrected chi connectivity index (χ0v) is 17.0. The minimum atomic E-state index is -2.31. The molecule has 5 nitrogen and oxygen atoms in total. The molecule has 1 N–H and O–H groups in total. The summed E-state index contributed by atoms with van der Waals surface area (Å²) in [6, 6.07) is 3.97. The predicted molar refractivity (Wildman–Crippen MR) is 102 cm³/mol. The van der Waals surface area contributed by atoms with Crippen LogP contribution in [0.3, 0.4) is 0 Å². The third-order valence-electron chi connectivity index (χ3n) is 6.35. The summed E-state index contributed by atoms with van der Waals surface area (Å²) in [7, 11) is 0. The van der Waals surface area contributed by atoms with Gasteiger partial charge in [0.15, 0.2) is 12.4 Å². The van der Waals surface area contributed by atoms with Crippen molar-refractivity contribution >= 4 is 23.3 Å². The number of carbonyl (C=O) groups excluding carboxylic acids is 2. The molecule has 0 atom stereocenters. The Bertz CT molecular complexity index is 824. The van der Waals surface area contributed by atoms with Crippen LogP contribution in [0.2, 0.25) is 5.02 Å². The Morgan fingerprint density at radius 2 is 1.90 bits per heavy atom. The van der Waals surface area contributed by atoms with E-state index in [1.807, 2.05) is 0 Å². The summed E-state index contributed by atoms with van der Waals surface area (Å²) in [5.74, 6) is -1.32. The first kappa shape index (κ1) is 21.4. The average Bonchev–Trinajstić information content (AvgIpc) is 2.58. The fraction of sp³-hybridized carbons (Fsp3) is 0.619. The highest BCUT2D eigenvalue weighted by atomic mass is 35.5. The van der Waals surface area contributed by atoms with Gasteiger partial charge >= 0.3 is 0 Å². The zero-order chi connectivity index (χ0) is 21.5. The van der Waals surface area contributed by atoms with Crippen molar-refractivity contribution in [2.75, 3.05) is 13.2 Å². The Balaban J connectivity index is 1.12. The molecule has 30 heavy (non-hydrogen) atoms. The number of rotatable bonds is 10. The lowest BCUT2D eigenvalue weighted by Gasteiger charge is -2.70. The van der Waals surface area contributed by atoms with Crippen LogP contribution in [-0.4, -0.2) is 43.0 Å². The van der Waals surface area contributed by atoms with Gasteiger partial charge < -0.3 is 14.8 Å². The molecular formula is C21H23ClF3NO4. The molecule has 5 rings (SSSR count). The number of hydrogen-bond acceptors (Lipinski definition) is 4. The number of benzene rings is 1. The summed E-state index contributed by atoms with van der Waals surface area (Å²) in [5.41, 5.74) is -0.371. The van der Waals surface area contributed by atoms with Crippen molar-refractivity contribution in [3.63, 3.8) is 0 Å². The van der Waals surface area contributed by atoms with Gasteiger partial charge in [0.25, 0.3) is 5.91 Å². The Morgan fingerprint density at radius 3 is 2.53 bits per heavy atom. The maximum atomic E-state index is 13.4. The number of carbonyl (C=O) groups is 2. The smallest absolute Gasteiger partial charge is 0.258 e. The molecule has 9 heteroatoms. The minimum absolute atomic E-state index is 0.0176. The van der Waals surface area contributed by atoms with Crippen molar-refractivity contribution in [3.8, 4) is 5.75 Å². The second-order valence-corrected chi connectivity index (χ2v) is 9.35. The lowest BCUT2D eigenvalue weighted by Crippen LogP contribution is -2.75. The molecule has 1 aromatic carbocycles. The van der Waals surface area contributed by atoms with Gasteiger partial charge in [-0.15, -0.1) is 0 Å². The van der Waals surface area contributed by atoms with Crippen molar-refractivity contribution in [2.24, 2.45) is 11.3 Å². The van der Waals surface area contributed by atoms with E-state index in [1.165, 1.54) is 12.1 Å². The van der Waals surface area contributed by atoms with Gasteiger partial charge in [0.05, 0.1) is 11.1 Å². The van der Waals surface area contributed by atoms with E-state index in [4.69, 9.17) is 21.1 Å². The van der Waals surface area contributed by atoms with Gasteiger partial charge in [-0.05, 0) is 49.7 Å². The summed E-state index contributed by atoms with van der Waals surface area (Å²) in [5, 5.41) is 2.92. The Morgan fingerprint density at radius 1 is 1.20 bits per heavy atom. The van der Waals surface area contributed by atoms with Crippen molar-refractivity contribution in [1.29, 1.82) is 0 Å². The molecule has 0 heterocycles. The van der Waals surface area contributed by atoms with Gasteiger partial charge in [-0.3, -0.25) is 9.59 Å². The lowest BCUT2D eigenvalue weighted by molar-refractivity contribution is -0.176. The minimum Gasteiger partial charge on any atom is -0.484 e. The summed E-state index contributed by atoms with van der Waals surface area (Å²) >= 11 is 5.60. The highest BCUT2D eigenvalue weighted by Crippen LogP contribution is 2.69. The first-order valence-corrected chi connectivity index (χ1v) is 10.4. The van der Waals surface area contributed by atoms with Crippen LogP contribution in [0, 0.1) is 17.2 Å². The van der Waals surface area contributed by atoms with Crippen LogP contribution < -0.4 is 10.1 Å². The van der Waals surface area contributed by atoms with Gasteiger partial charge in [-0.25, -0.2) is 13.2 Å². The predicted octanol–water partition coefficient (Wildman–Crippen LogP) is 3.92. The number of halogens is 4. The number of ketones is 1. The van der Waals surface area contributed by atoms with Crippen LogP contribution in [-0.2, 0) is 14.3 Å². The molecule has 0 aromatic heterocycles. The molecule has 0 unspecified atom stereocenters. The summed E-state index contributed by atoms with van der Waals surface area (Å²) < 4.78 is 49.0. The maximum absolute atomic E-state index is 13.4. The molecule has 0 saturated heterocycles. The summed E-state index contributed by atoms with van der Waals surface area (Å²) in [4.78, 5) is 24.3. The van der Waals surface area contributed by atoms with E-state index in [9.17, 15) is 22.8 Å². The highest BCUT2D eigenvalue weighted by Gasteiger charge is 2.68. The van der Waals surface area contributed by atoms with E-state index in [1.54, 1.807) is 0 Å². The highest BCUT2D eigenvalue weighted by molar-refractivity contribution is 6.30. The van der Waals surface area contributed by atoms with E-state index >= 15 is 0 Å². The van der Waals surface area contributed by atoms with Crippen LogP contribution in [0.15, 0.2) is 18.2 Å². The molecule has 2 bridgehead atoms. The lowest BCUT2D eigenvalue weighted by atomic mass is 9.38. The Labute approximate surface area is 177 Å². The van der Waals surface area contributed by atoms with Crippen LogP contribution in [0.25, 0.3) is 0 Å². The Hall–Kier alpha value is -1.80. The number of Topliss-reactive ketones (excluding diaryl/α,β-unsaturated/α-hetero) is 1. The molecule has 0 aliphatic heterocycles. The standard InChI is InChI=1S/C21H23ClF3NO4/c22-16-2-1-14(5-17(16)23)30-8-18(28)26-21-9-20(10-21,11-21)6-13(27)7-29-15-3-12(4-15)19(24)25/h1-2,5,12,15,19H,3-4,6-11H2,(H,26,28). The second-order valence-electron chi connectivity index (χ2n) is 8.94.